The first-order valence-electron chi connectivity index (χ1n) is 5.76. The van der Waals surface area contributed by atoms with Gasteiger partial charge >= 0.3 is 5.69 Å². The third-order valence-corrected chi connectivity index (χ3v) is 2.90. The van der Waals surface area contributed by atoms with Crippen molar-refractivity contribution in [1.29, 1.82) is 0 Å². The predicted molar refractivity (Wildman–Crippen MR) is 72.7 cm³/mol. The van der Waals surface area contributed by atoms with E-state index < -0.39 is 4.92 Å². The molecule has 0 amide bonds. The summed E-state index contributed by atoms with van der Waals surface area (Å²) in [6, 6.07) is 5.66. The van der Waals surface area contributed by atoms with Gasteiger partial charge in [0.2, 0.25) is 5.95 Å². The summed E-state index contributed by atoms with van der Waals surface area (Å²) in [5.74, 6) is 0.0399. The van der Waals surface area contributed by atoms with Gasteiger partial charge in [-0.15, -0.1) is 0 Å². The fraction of sp³-hybridized carbons (Fsp3) is 0.231. The van der Waals surface area contributed by atoms with E-state index in [4.69, 9.17) is 5.73 Å². The minimum absolute atomic E-state index is 0.0399. The van der Waals surface area contributed by atoms with Gasteiger partial charge < -0.3 is 5.73 Å². The normalized spacial score (nSPS) is 10.5. The van der Waals surface area contributed by atoms with Crippen LogP contribution in [0.1, 0.15) is 16.8 Å². The van der Waals surface area contributed by atoms with Gasteiger partial charge in [-0.05, 0) is 26.3 Å². The third-order valence-electron chi connectivity index (χ3n) is 2.90. The highest BCUT2D eigenvalue weighted by molar-refractivity contribution is 5.74. The number of hydrogen-bond donors (Lipinski definition) is 1. The minimum atomic E-state index is -0.469. The van der Waals surface area contributed by atoms with Crippen molar-refractivity contribution in [3.05, 3.63) is 45.1 Å². The van der Waals surface area contributed by atoms with Crippen molar-refractivity contribution >= 4 is 11.6 Å². The van der Waals surface area contributed by atoms with Crippen molar-refractivity contribution in [3.8, 4) is 11.3 Å². The molecule has 0 fully saturated rings. The number of nitrogens with zero attached hydrogens (tertiary/aromatic N) is 3. The molecular weight excluding hydrogens is 244 g/mol. The molecule has 0 radical (unpaired) electrons. The zero-order chi connectivity index (χ0) is 14.2. The number of aromatic nitrogens is 2. The summed E-state index contributed by atoms with van der Waals surface area (Å²) in [5.41, 5.74) is 8.75. The van der Waals surface area contributed by atoms with Crippen molar-refractivity contribution in [2.75, 3.05) is 5.73 Å². The highest BCUT2D eigenvalue weighted by atomic mass is 16.6. The van der Waals surface area contributed by atoms with Crippen molar-refractivity contribution in [2.24, 2.45) is 0 Å². The lowest BCUT2D eigenvalue weighted by Crippen LogP contribution is -2.05. The fourth-order valence-electron chi connectivity index (χ4n) is 2.07. The molecule has 0 saturated carbocycles. The average molecular weight is 258 g/mol. The first-order chi connectivity index (χ1) is 8.90. The van der Waals surface area contributed by atoms with E-state index in [1.807, 2.05) is 32.0 Å². The number of anilines is 1. The number of aryl methyl sites for hydroxylation is 3. The molecule has 0 unspecified atom stereocenters. The van der Waals surface area contributed by atoms with Crippen molar-refractivity contribution in [2.45, 2.75) is 20.8 Å². The lowest BCUT2D eigenvalue weighted by Gasteiger charge is -2.08. The second-order valence-electron chi connectivity index (χ2n) is 4.44. The molecule has 0 bridgehead atoms. The lowest BCUT2D eigenvalue weighted by molar-refractivity contribution is -0.385. The molecule has 0 atom stereocenters. The van der Waals surface area contributed by atoms with E-state index in [9.17, 15) is 10.1 Å². The van der Waals surface area contributed by atoms with Crippen LogP contribution in [0.5, 0.6) is 0 Å². The zero-order valence-electron chi connectivity index (χ0n) is 11.0. The number of nitro groups is 1. The Labute approximate surface area is 110 Å². The van der Waals surface area contributed by atoms with E-state index in [1.165, 1.54) is 0 Å². The fourth-order valence-corrected chi connectivity index (χ4v) is 2.07. The first-order valence-corrected chi connectivity index (χ1v) is 5.76. The Morgan fingerprint density at radius 1 is 1.21 bits per heavy atom. The van der Waals surface area contributed by atoms with Gasteiger partial charge in [0.15, 0.2) is 5.69 Å². The van der Waals surface area contributed by atoms with E-state index >= 15 is 0 Å². The number of rotatable bonds is 2. The Morgan fingerprint density at radius 2 is 1.89 bits per heavy atom. The van der Waals surface area contributed by atoms with Crippen LogP contribution >= 0.6 is 0 Å². The Kier molecular flexibility index (Phi) is 3.16. The predicted octanol–water partition coefficient (Wildman–Crippen LogP) is 2.56. The van der Waals surface area contributed by atoms with E-state index in [0.29, 0.717) is 5.56 Å². The number of nitrogens with two attached hydrogens (primary N) is 1. The molecule has 1 aromatic carbocycles. The van der Waals surface area contributed by atoms with Crippen LogP contribution in [-0.2, 0) is 0 Å². The molecule has 2 aromatic rings. The summed E-state index contributed by atoms with van der Waals surface area (Å²) in [4.78, 5) is 18.6. The summed E-state index contributed by atoms with van der Waals surface area (Å²) in [7, 11) is 0. The van der Waals surface area contributed by atoms with Crippen LogP contribution in [0.15, 0.2) is 18.2 Å². The highest BCUT2D eigenvalue weighted by Gasteiger charge is 2.23. The zero-order valence-corrected chi connectivity index (χ0v) is 11.0. The average Bonchev–Trinajstić information content (AvgIpc) is 2.26. The molecule has 0 aliphatic carbocycles. The van der Waals surface area contributed by atoms with Crippen LogP contribution in [0.4, 0.5) is 11.6 Å². The van der Waals surface area contributed by atoms with Crippen LogP contribution in [0.3, 0.4) is 0 Å². The molecule has 0 aliphatic rings. The Balaban J connectivity index is 2.77. The van der Waals surface area contributed by atoms with Gasteiger partial charge in [0.05, 0.1) is 4.92 Å². The maximum absolute atomic E-state index is 11.2. The van der Waals surface area contributed by atoms with Crippen molar-refractivity contribution < 1.29 is 4.92 Å². The minimum Gasteiger partial charge on any atom is -0.368 e. The first kappa shape index (κ1) is 12.9. The molecule has 1 aromatic heterocycles. The molecule has 98 valence electrons. The van der Waals surface area contributed by atoms with E-state index in [0.717, 1.165) is 11.1 Å². The summed E-state index contributed by atoms with van der Waals surface area (Å²) >= 11 is 0. The second kappa shape index (κ2) is 4.64. The molecule has 6 heteroatoms. The smallest absolute Gasteiger partial charge is 0.316 e. The molecule has 0 saturated heterocycles. The summed E-state index contributed by atoms with van der Waals surface area (Å²) < 4.78 is 0. The van der Waals surface area contributed by atoms with Gasteiger partial charge in [-0.2, -0.15) is 0 Å². The molecule has 0 spiro atoms. The molecule has 2 N–H and O–H groups in total. The van der Waals surface area contributed by atoms with Gasteiger partial charge in [0.1, 0.15) is 5.69 Å². The Bertz CT molecular complexity index is 668. The molecular formula is C13H14N4O2. The standard InChI is InChI=1S/C13H14N4O2/c1-7-4-5-10(8(2)6-7)11-12(17(18)19)9(3)15-13(14)16-11/h4-6H,1-3H3,(H2,14,15,16). The number of hydrogen-bond acceptors (Lipinski definition) is 5. The van der Waals surface area contributed by atoms with Crippen LogP contribution in [0, 0.1) is 30.9 Å². The maximum Gasteiger partial charge on any atom is 0.316 e. The summed E-state index contributed by atoms with van der Waals surface area (Å²) in [6.07, 6.45) is 0. The molecule has 6 nitrogen and oxygen atoms in total. The molecule has 2 rings (SSSR count). The number of benzene rings is 1. The van der Waals surface area contributed by atoms with E-state index in [2.05, 4.69) is 9.97 Å². The van der Waals surface area contributed by atoms with Crippen molar-refractivity contribution in [3.63, 3.8) is 0 Å². The van der Waals surface area contributed by atoms with Crippen LogP contribution < -0.4 is 5.73 Å². The van der Waals surface area contributed by atoms with Crippen LogP contribution in [0.2, 0.25) is 0 Å². The largest absolute Gasteiger partial charge is 0.368 e. The summed E-state index contributed by atoms with van der Waals surface area (Å²) in [5, 5.41) is 11.2. The molecule has 19 heavy (non-hydrogen) atoms. The monoisotopic (exact) mass is 258 g/mol. The van der Waals surface area contributed by atoms with Crippen molar-refractivity contribution in [1.82, 2.24) is 9.97 Å². The van der Waals surface area contributed by atoms with Gasteiger partial charge in [-0.3, -0.25) is 10.1 Å². The Hall–Kier alpha value is -2.50. The second-order valence-corrected chi connectivity index (χ2v) is 4.44. The summed E-state index contributed by atoms with van der Waals surface area (Å²) in [6.45, 7) is 5.41. The van der Waals surface area contributed by atoms with Gasteiger partial charge in [0.25, 0.3) is 0 Å². The molecule has 1 heterocycles. The van der Waals surface area contributed by atoms with Crippen LogP contribution in [0.25, 0.3) is 11.3 Å². The molecule has 0 aliphatic heterocycles. The van der Waals surface area contributed by atoms with Crippen LogP contribution in [-0.4, -0.2) is 14.9 Å². The van der Waals surface area contributed by atoms with Gasteiger partial charge in [0, 0.05) is 5.56 Å². The number of nitrogen functional groups attached to an aromatic ring is 1. The highest BCUT2D eigenvalue weighted by Crippen LogP contribution is 2.32. The quantitative estimate of drug-likeness (QED) is 0.659. The maximum atomic E-state index is 11.2. The lowest BCUT2D eigenvalue weighted by atomic mass is 10.0. The van der Waals surface area contributed by atoms with E-state index in [1.54, 1.807) is 6.92 Å². The van der Waals surface area contributed by atoms with Gasteiger partial charge in [-0.25, -0.2) is 9.97 Å². The Morgan fingerprint density at radius 3 is 2.47 bits per heavy atom. The SMILES string of the molecule is Cc1ccc(-c2nc(N)nc(C)c2[N+](=O)[O-])c(C)c1. The van der Waals surface area contributed by atoms with E-state index in [-0.39, 0.29) is 23.0 Å². The topological polar surface area (TPSA) is 94.9 Å². The van der Waals surface area contributed by atoms with Gasteiger partial charge in [-0.1, -0.05) is 23.8 Å². The third kappa shape index (κ3) is 2.37.